The summed E-state index contributed by atoms with van der Waals surface area (Å²) in [6.07, 6.45) is 1.91. The molecule has 0 aromatic heterocycles. The molecule has 5 heteroatoms. The highest BCUT2D eigenvalue weighted by molar-refractivity contribution is 5.78. The van der Waals surface area contributed by atoms with Crippen LogP contribution >= 0.6 is 0 Å². The molecule has 5 nitrogen and oxygen atoms in total. The topological polar surface area (TPSA) is 78.6 Å². The molecule has 16 heavy (non-hydrogen) atoms. The average molecular weight is 229 g/mol. The normalized spacial score (nSPS) is 19.8. The fraction of sp³-hybridized carbons (Fsp3) is 0.909. The molecule has 0 unspecified atom stereocenters. The second kappa shape index (κ2) is 5.61. The summed E-state index contributed by atoms with van der Waals surface area (Å²) in [7, 11) is 0. The van der Waals surface area contributed by atoms with Gasteiger partial charge in [-0.2, -0.15) is 0 Å². The molecule has 0 aliphatic carbocycles. The van der Waals surface area contributed by atoms with Gasteiger partial charge in [0.25, 0.3) is 0 Å². The van der Waals surface area contributed by atoms with Gasteiger partial charge in [0, 0.05) is 19.1 Å². The van der Waals surface area contributed by atoms with Crippen LogP contribution in [0, 0.1) is 0 Å². The van der Waals surface area contributed by atoms with Crippen LogP contribution < -0.4 is 11.1 Å². The number of likely N-dealkylation sites (tertiary alicyclic amines) is 1. The summed E-state index contributed by atoms with van der Waals surface area (Å²) < 4.78 is 0. The van der Waals surface area contributed by atoms with Crippen molar-refractivity contribution in [3.05, 3.63) is 0 Å². The summed E-state index contributed by atoms with van der Waals surface area (Å²) in [4.78, 5) is 13.8. The third-order valence-electron chi connectivity index (χ3n) is 2.87. The number of aliphatic hydroxyl groups excluding tert-OH is 1. The smallest absolute Gasteiger partial charge is 0.234 e. The number of amides is 1. The Morgan fingerprint density at radius 1 is 1.50 bits per heavy atom. The second-order valence-electron chi connectivity index (χ2n) is 5.20. The van der Waals surface area contributed by atoms with Gasteiger partial charge in [-0.3, -0.25) is 9.69 Å². The number of rotatable bonds is 4. The number of carbonyl (C=O) groups excluding carboxylic acids is 1. The Balaban J connectivity index is 2.29. The van der Waals surface area contributed by atoms with E-state index in [-0.39, 0.29) is 18.6 Å². The monoisotopic (exact) mass is 229 g/mol. The minimum Gasteiger partial charge on any atom is -0.394 e. The zero-order valence-electron chi connectivity index (χ0n) is 10.2. The van der Waals surface area contributed by atoms with Gasteiger partial charge in [-0.25, -0.2) is 0 Å². The maximum absolute atomic E-state index is 11.7. The number of carbonyl (C=O) groups is 1. The van der Waals surface area contributed by atoms with Crippen molar-refractivity contribution in [3.8, 4) is 0 Å². The molecule has 1 fully saturated rings. The summed E-state index contributed by atoms with van der Waals surface area (Å²) in [5, 5.41) is 11.8. The average Bonchev–Trinajstić information content (AvgIpc) is 2.21. The van der Waals surface area contributed by atoms with Gasteiger partial charge in [-0.15, -0.1) is 0 Å². The van der Waals surface area contributed by atoms with Gasteiger partial charge in [0.2, 0.25) is 5.91 Å². The first-order chi connectivity index (χ1) is 7.43. The first-order valence-electron chi connectivity index (χ1n) is 5.83. The van der Waals surface area contributed by atoms with Crippen molar-refractivity contribution in [2.45, 2.75) is 38.3 Å². The Bertz CT molecular complexity index is 235. The number of hydrogen-bond donors (Lipinski definition) is 3. The number of piperidine rings is 1. The highest BCUT2D eigenvalue weighted by atomic mass is 16.3. The fourth-order valence-corrected chi connectivity index (χ4v) is 1.77. The van der Waals surface area contributed by atoms with Gasteiger partial charge in [0.15, 0.2) is 0 Å². The summed E-state index contributed by atoms with van der Waals surface area (Å²) >= 11 is 0. The molecule has 4 N–H and O–H groups in total. The van der Waals surface area contributed by atoms with E-state index in [1.165, 1.54) is 0 Å². The molecule has 0 radical (unpaired) electrons. The minimum absolute atomic E-state index is 0.0329. The molecule has 0 atom stereocenters. The van der Waals surface area contributed by atoms with Gasteiger partial charge < -0.3 is 16.2 Å². The van der Waals surface area contributed by atoms with Crippen molar-refractivity contribution in [2.75, 3.05) is 26.2 Å². The molecular weight excluding hydrogens is 206 g/mol. The van der Waals surface area contributed by atoms with Crippen molar-refractivity contribution < 1.29 is 9.90 Å². The van der Waals surface area contributed by atoms with E-state index in [4.69, 9.17) is 10.8 Å². The highest BCUT2D eigenvalue weighted by Gasteiger charge is 2.22. The Kier molecular flexibility index (Phi) is 4.70. The van der Waals surface area contributed by atoms with Crippen LogP contribution in [0.5, 0.6) is 0 Å². The predicted octanol–water partition coefficient (Wildman–Crippen LogP) is -0.703. The van der Waals surface area contributed by atoms with Crippen LogP contribution in [0.1, 0.15) is 26.7 Å². The lowest BCUT2D eigenvalue weighted by Crippen LogP contribution is -2.51. The SMILES string of the molecule is CC(C)(CO)NC(=O)CN1CCC(N)CC1. The van der Waals surface area contributed by atoms with Crippen LogP contribution in [0.4, 0.5) is 0 Å². The Morgan fingerprint density at radius 3 is 2.56 bits per heavy atom. The van der Waals surface area contributed by atoms with E-state index in [9.17, 15) is 4.79 Å². The van der Waals surface area contributed by atoms with Crippen LogP contribution in [0.2, 0.25) is 0 Å². The third kappa shape index (κ3) is 4.47. The third-order valence-corrected chi connectivity index (χ3v) is 2.87. The molecule has 1 aliphatic rings. The Labute approximate surface area is 97.0 Å². The lowest BCUT2D eigenvalue weighted by molar-refractivity contribution is -0.124. The van der Waals surface area contributed by atoms with Gasteiger partial charge in [-0.1, -0.05) is 0 Å². The number of aliphatic hydroxyl groups is 1. The van der Waals surface area contributed by atoms with E-state index in [1.807, 2.05) is 0 Å². The summed E-state index contributed by atoms with van der Waals surface area (Å²) in [5.41, 5.74) is 5.25. The van der Waals surface area contributed by atoms with Crippen LogP contribution in [-0.4, -0.2) is 53.7 Å². The molecule has 0 bridgehead atoms. The molecule has 94 valence electrons. The quantitative estimate of drug-likeness (QED) is 0.595. The number of nitrogens with zero attached hydrogens (tertiary/aromatic N) is 1. The van der Waals surface area contributed by atoms with E-state index >= 15 is 0 Å². The van der Waals surface area contributed by atoms with Crippen molar-refractivity contribution in [1.82, 2.24) is 10.2 Å². The minimum atomic E-state index is -0.538. The van der Waals surface area contributed by atoms with Crippen LogP contribution in [0.25, 0.3) is 0 Å². The number of hydrogen-bond acceptors (Lipinski definition) is 4. The second-order valence-corrected chi connectivity index (χ2v) is 5.20. The lowest BCUT2D eigenvalue weighted by Gasteiger charge is -2.31. The molecule has 1 heterocycles. The maximum atomic E-state index is 11.7. The van der Waals surface area contributed by atoms with E-state index < -0.39 is 5.54 Å². The van der Waals surface area contributed by atoms with Crippen molar-refractivity contribution in [1.29, 1.82) is 0 Å². The first kappa shape index (κ1) is 13.4. The number of nitrogens with two attached hydrogens (primary N) is 1. The zero-order valence-corrected chi connectivity index (χ0v) is 10.2. The molecule has 1 amide bonds. The largest absolute Gasteiger partial charge is 0.394 e. The maximum Gasteiger partial charge on any atom is 0.234 e. The van der Waals surface area contributed by atoms with Crippen LogP contribution in [0.3, 0.4) is 0 Å². The van der Waals surface area contributed by atoms with Crippen molar-refractivity contribution >= 4 is 5.91 Å². The Hall–Kier alpha value is -0.650. The molecule has 1 aliphatic heterocycles. The van der Waals surface area contributed by atoms with E-state index in [1.54, 1.807) is 13.8 Å². The molecular formula is C11H23N3O2. The summed E-state index contributed by atoms with van der Waals surface area (Å²) in [6, 6.07) is 0.285. The molecule has 1 saturated heterocycles. The van der Waals surface area contributed by atoms with Crippen molar-refractivity contribution in [2.24, 2.45) is 5.73 Å². The van der Waals surface area contributed by atoms with E-state index in [2.05, 4.69) is 10.2 Å². The van der Waals surface area contributed by atoms with E-state index in [0.29, 0.717) is 6.54 Å². The van der Waals surface area contributed by atoms with Crippen LogP contribution in [0.15, 0.2) is 0 Å². The fourth-order valence-electron chi connectivity index (χ4n) is 1.77. The number of nitrogens with one attached hydrogen (secondary N) is 1. The summed E-state index contributed by atoms with van der Waals surface area (Å²) in [6.45, 7) is 5.72. The van der Waals surface area contributed by atoms with Gasteiger partial charge in [0.05, 0.1) is 18.7 Å². The molecule has 0 aromatic rings. The van der Waals surface area contributed by atoms with Gasteiger partial charge >= 0.3 is 0 Å². The molecule has 0 saturated carbocycles. The standard InChI is InChI=1S/C11H23N3O2/c1-11(2,8-15)13-10(16)7-14-5-3-9(12)4-6-14/h9,15H,3-8,12H2,1-2H3,(H,13,16). The summed E-state index contributed by atoms with van der Waals surface area (Å²) in [5.74, 6) is -0.0329. The Morgan fingerprint density at radius 2 is 2.06 bits per heavy atom. The highest BCUT2D eigenvalue weighted by Crippen LogP contribution is 2.08. The zero-order chi connectivity index (χ0) is 12.2. The van der Waals surface area contributed by atoms with Gasteiger partial charge in [-0.05, 0) is 26.7 Å². The van der Waals surface area contributed by atoms with Crippen LogP contribution in [-0.2, 0) is 4.79 Å². The van der Waals surface area contributed by atoms with Crippen molar-refractivity contribution in [3.63, 3.8) is 0 Å². The van der Waals surface area contributed by atoms with Gasteiger partial charge in [0.1, 0.15) is 0 Å². The molecule has 0 aromatic carbocycles. The molecule has 0 spiro atoms. The predicted molar refractivity (Wildman–Crippen MR) is 63.0 cm³/mol. The first-order valence-corrected chi connectivity index (χ1v) is 5.83. The van der Waals surface area contributed by atoms with E-state index in [0.717, 1.165) is 25.9 Å². The lowest BCUT2D eigenvalue weighted by atomic mass is 10.1. The molecule has 1 rings (SSSR count).